The van der Waals surface area contributed by atoms with Crippen LogP contribution in [0.3, 0.4) is 0 Å². The summed E-state index contributed by atoms with van der Waals surface area (Å²) in [6, 6.07) is 5.73. The van der Waals surface area contributed by atoms with E-state index in [0.717, 1.165) is 19.4 Å². The van der Waals surface area contributed by atoms with Gasteiger partial charge in [0.25, 0.3) is 0 Å². The van der Waals surface area contributed by atoms with Gasteiger partial charge in [-0.15, -0.1) is 0 Å². The van der Waals surface area contributed by atoms with Gasteiger partial charge in [-0.3, -0.25) is 15.0 Å². The Kier molecular flexibility index (Phi) is 4.55. The molecule has 26 heavy (non-hydrogen) atoms. The van der Waals surface area contributed by atoms with Gasteiger partial charge in [0.2, 0.25) is 5.82 Å². The monoisotopic (exact) mass is 353 g/mol. The summed E-state index contributed by atoms with van der Waals surface area (Å²) in [7, 11) is 0. The molecule has 0 aromatic carbocycles. The standard InChI is InChI=1S/C18H20FN7/c1-12-5-4-10-26(12)18-15(19)17(23-14-11-20-8-9-22-14)24-16(25-18)13-6-2-3-7-21-13/h2-3,6-7,11-12H,4-5,8-10H2,1H3,(H,22,23,24,25). The molecule has 0 amide bonds. The summed E-state index contributed by atoms with van der Waals surface area (Å²) in [6.07, 6.45) is 5.31. The van der Waals surface area contributed by atoms with Crippen molar-refractivity contribution in [1.82, 2.24) is 15.0 Å². The topological polar surface area (TPSA) is 78.7 Å². The van der Waals surface area contributed by atoms with Crippen LogP contribution in [0, 0.1) is 5.82 Å². The Morgan fingerprint density at radius 2 is 2.15 bits per heavy atom. The first-order valence-corrected chi connectivity index (χ1v) is 8.79. The lowest BCUT2D eigenvalue weighted by Crippen LogP contribution is -2.29. The number of rotatable bonds is 3. The van der Waals surface area contributed by atoms with Gasteiger partial charge in [0, 0.05) is 18.8 Å². The molecule has 0 bridgehead atoms. The molecule has 2 aliphatic rings. The second kappa shape index (κ2) is 7.15. The molecular formula is C18H20FN7. The van der Waals surface area contributed by atoms with Crippen molar-refractivity contribution in [2.75, 3.05) is 29.9 Å². The van der Waals surface area contributed by atoms with Crippen molar-refractivity contribution in [2.24, 2.45) is 9.98 Å². The fraction of sp³-hybridized carbons (Fsp3) is 0.389. The van der Waals surface area contributed by atoms with E-state index >= 15 is 4.39 Å². The Hall–Kier alpha value is -2.90. The lowest BCUT2D eigenvalue weighted by atomic mass is 10.2. The molecular weight excluding hydrogens is 333 g/mol. The number of halogens is 1. The molecule has 0 aliphatic carbocycles. The van der Waals surface area contributed by atoms with Crippen molar-refractivity contribution in [3.63, 3.8) is 0 Å². The van der Waals surface area contributed by atoms with E-state index in [1.807, 2.05) is 23.1 Å². The van der Waals surface area contributed by atoms with Crippen LogP contribution in [0.1, 0.15) is 19.8 Å². The number of hydrogen-bond donors (Lipinski definition) is 1. The highest BCUT2D eigenvalue weighted by Gasteiger charge is 2.28. The molecule has 8 heteroatoms. The summed E-state index contributed by atoms with van der Waals surface area (Å²) in [5, 5.41) is 2.96. The zero-order valence-corrected chi connectivity index (χ0v) is 14.6. The molecule has 1 saturated heterocycles. The van der Waals surface area contributed by atoms with Crippen LogP contribution < -0.4 is 10.2 Å². The minimum Gasteiger partial charge on any atom is -0.351 e. The molecule has 0 saturated carbocycles. The summed E-state index contributed by atoms with van der Waals surface area (Å²) >= 11 is 0. The molecule has 7 nitrogen and oxygen atoms in total. The van der Waals surface area contributed by atoms with Gasteiger partial charge in [0.05, 0.1) is 19.3 Å². The van der Waals surface area contributed by atoms with Gasteiger partial charge in [0.1, 0.15) is 11.5 Å². The molecule has 4 rings (SSSR count). The highest BCUT2D eigenvalue weighted by Crippen LogP contribution is 2.31. The highest BCUT2D eigenvalue weighted by molar-refractivity contribution is 6.35. The molecule has 134 valence electrons. The van der Waals surface area contributed by atoms with Gasteiger partial charge in [-0.05, 0) is 31.9 Å². The van der Waals surface area contributed by atoms with E-state index in [2.05, 4.69) is 37.2 Å². The van der Waals surface area contributed by atoms with Crippen LogP contribution >= 0.6 is 0 Å². The molecule has 0 radical (unpaired) electrons. The van der Waals surface area contributed by atoms with Crippen molar-refractivity contribution < 1.29 is 4.39 Å². The number of anilines is 2. The predicted molar refractivity (Wildman–Crippen MR) is 101 cm³/mol. The van der Waals surface area contributed by atoms with E-state index in [-0.39, 0.29) is 11.9 Å². The van der Waals surface area contributed by atoms with Gasteiger partial charge >= 0.3 is 0 Å². The van der Waals surface area contributed by atoms with E-state index in [0.29, 0.717) is 36.3 Å². The largest absolute Gasteiger partial charge is 0.351 e. The van der Waals surface area contributed by atoms with Crippen molar-refractivity contribution in [3.8, 4) is 11.5 Å². The third-order valence-electron chi connectivity index (χ3n) is 4.52. The zero-order chi connectivity index (χ0) is 17.9. The Morgan fingerprint density at radius 3 is 2.85 bits per heavy atom. The van der Waals surface area contributed by atoms with E-state index < -0.39 is 5.82 Å². The molecule has 2 aromatic rings. The van der Waals surface area contributed by atoms with E-state index in [1.54, 1.807) is 12.4 Å². The summed E-state index contributed by atoms with van der Waals surface area (Å²) < 4.78 is 15.2. The normalized spacial score (nSPS) is 19.5. The van der Waals surface area contributed by atoms with Crippen LogP contribution in [0.15, 0.2) is 34.4 Å². The van der Waals surface area contributed by atoms with Crippen LogP contribution in [0.25, 0.3) is 11.5 Å². The number of aromatic nitrogens is 3. The Labute approximate surface area is 151 Å². The number of pyridine rings is 1. The third-order valence-corrected chi connectivity index (χ3v) is 4.52. The summed E-state index contributed by atoms with van der Waals surface area (Å²) in [4.78, 5) is 23.6. The second-order valence-corrected chi connectivity index (χ2v) is 6.36. The fourth-order valence-corrected chi connectivity index (χ4v) is 3.18. The highest BCUT2D eigenvalue weighted by atomic mass is 19.1. The van der Waals surface area contributed by atoms with E-state index in [1.165, 1.54) is 0 Å². The predicted octanol–water partition coefficient (Wildman–Crippen LogP) is 2.56. The van der Waals surface area contributed by atoms with E-state index in [4.69, 9.17) is 0 Å². The Bertz CT molecular complexity index is 850. The van der Waals surface area contributed by atoms with Gasteiger partial charge in [-0.25, -0.2) is 9.97 Å². The maximum atomic E-state index is 15.2. The van der Waals surface area contributed by atoms with Gasteiger partial charge in [-0.2, -0.15) is 4.39 Å². The fourth-order valence-electron chi connectivity index (χ4n) is 3.18. The quantitative estimate of drug-likeness (QED) is 0.917. The number of hydrogen-bond acceptors (Lipinski definition) is 7. The first-order valence-electron chi connectivity index (χ1n) is 8.79. The SMILES string of the molecule is CC1CCCN1c1nc(-c2ccccn2)nc(NC2=NCCN=C2)c1F. The van der Waals surface area contributed by atoms with Crippen LogP contribution in [0.5, 0.6) is 0 Å². The van der Waals surface area contributed by atoms with Crippen molar-refractivity contribution >= 4 is 23.7 Å². The molecule has 1 N–H and O–H groups in total. The second-order valence-electron chi connectivity index (χ2n) is 6.36. The van der Waals surface area contributed by atoms with Gasteiger partial charge in [-0.1, -0.05) is 6.07 Å². The zero-order valence-electron chi connectivity index (χ0n) is 14.6. The molecule has 2 aliphatic heterocycles. The first kappa shape index (κ1) is 16.6. The molecule has 1 unspecified atom stereocenters. The summed E-state index contributed by atoms with van der Waals surface area (Å²) in [5.41, 5.74) is 0.600. The lowest BCUT2D eigenvalue weighted by molar-refractivity contribution is 0.603. The molecule has 0 spiro atoms. The van der Waals surface area contributed by atoms with E-state index in [9.17, 15) is 0 Å². The molecule has 1 fully saturated rings. The Morgan fingerprint density at radius 1 is 1.23 bits per heavy atom. The first-order chi connectivity index (χ1) is 12.7. The lowest BCUT2D eigenvalue weighted by Gasteiger charge is -2.24. The third kappa shape index (κ3) is 3.26. The average Bonchev–Trinajstić information content (AvgIpc) is 3.11. The number of nitrogens with zero attached hydrogens (tertiary/aromatic N) is 6. The van der Waals surface area contributed by atoms with Gasteiger partial charge < -0.3 is 10.2 Å². The minimum absolute atomic E-state index is 0.0989. The van der Waals surface area contributed by atoms with Crippen molar-refractivity contribution in [3.05, 3.63) is 30.2 Å². The number of amidine groups is 1. The van der Waals surface area contributed by atoms with Crippen LogP contribution in [-0.2, 0) is 0 Å². The van der Waals surface area contributed by atoms with Crippen LogP contribution in [-0.4, -0.2) is 52.7 Å². The van der Waals surface area contributed by atoms with Crippen molar-refractivity contribution in [1.29, 1.82) is 0 Å². The minimum atomic E-state index is -0.472. The van der Waals surface area contributed by atoms with Crippen molar-refractivity contribution in [2.45, 2.75) is 25.8 Å². The summed E-state index contributed by atoms with van der Waals surface area (Å²) in [5.74, 6) is 0.821. The Balaban J connectivity index is 1.78. The number of nitrogens with one attached hydrogen (secondary N) is 1. The smallest absolute Gasteiger partial charge is 0.208 e. The molecule has 4 heterocycles. The van der Waals surface area contributed by atoms with Gasteiger partial charge in [0.15, 0.2) is 17.5 Å². The maximum Gasteiger partial charge on any atom is 0.208 e. The average molecular weight is 353 g/mol. The maximum absolute atomic E-state index is 15.2. The number of aliphatic imine (C=N–C) groups is 2. The molecule has 2 aromatic heterocycles. The van der Waals surface area contributed by atoms with Crippen LogP contribution in [0.4, 0.5) is 16.0 Å². The van der Waals surface area contributed by atoms with Crippen LogP contribution in [0.2, 0.25) is 0 Å². The summed E-state index contributed by atoms with van der Waals surface area (Å²) in [6.45, 7) is 4.08. The molecule has 1 atom stereocenters.